The molecule has 1 heterocycles. The normalized spacial score (nSPS) is 13.0. The summed E-state index contributed by atoms with van der Waals surface area (Å²) in [4.78, 5) is 63.8. The lowest BCUT2D eigenvalue weighted by atomic mass is 10.1. The topological polar surface area (TPSA) is 458 Å². The van der Waals surface area contributed by atoms with Gasteiger partial charge in [-0.3, -0.25) is 34.2 Å². The van der Waals surface area contributed by atoms with E-state index in [2.05, 4.69) is 10.3 Å². The molecule has 0 radical (unpaired) electrons. The molecule has 0 aliphatic heterocycles. The van der Waals surface area contributed by atoms with E-state index in [1.54, 1.807) is 23.5 Å². The third-order valence-electron chi connectivity index (χ3n) is 7.09. The number of fused-ring (bicyclic) bond motifs is 1. The molecular formula is C36H68N10O12S2. The summed E-state index contributed by atoms with van der Waals surface area (Å²) in [6, 6.07) is 3.31. The summed E-state index contributed by atoms with van der Waals surface area (Å²) in [6.45, 7) is 5.80. The van der Waals surface area contributed by atoms with Crippen LogP contribution >= 0.6 is 23.5 Å². The van der Waals surface area contributed by atoms with E-state index in [9.17, 15) is 28.8 Å². The molecule has 1 aromatic heterocycles. The lowest BCUT2D eigenvalue weighted by Crippen LogP contribution is -2.34. The Kier molecular flexibility index (Phi) is 38.5. The SMILES string of the molecule is CC(C)C[C@H](N)C(=O)O.CSCC[C@H](N)C(=O)O.CSCC[C@H](N)C(=O)O.C[C@H](N)C(=O)O.N=C(N)NCCC[C@H](N)C(=O)O.N[C@@H](Cc1c[nH]c2ccccc12)C(=O)O. The summed E-state index contributed by atoms with van der Waals surface area (Å²) in [7, 11) is 0. The fraction of sp³-hybridized carbons (Fsp3) is 0.583. The maximum absolute atomic E-state index is 10.6. The molecule has 0 aliphatic rings. The Labute approximate surface area is 358 Å². The van der Waals surface area contributed by atoms with Crippen molar-refractivity contribution in [2.75, 3.05) is 30.6 Å². The van der Waals surface area contributed by atoms with E-state index in [1.165, 1.54) is 6.92 Å². The van der Waals surface area contributed by atoms with Gasteiger partial charge >= 0.3 is 35.8 Å². The maximum atomic E-state index is 10.6. The molecular weight excluding hydrogens is 829 g/mol. The molecule has 2 aromatic rings. The summed E-state index contributed by atoms with van der Waals surface area (Å²) in [5, 5.41) is 60.2. The molecule has 22 nitrogen and oxygen atoms in total. The summed E-state index contributed by atoms with van der Waals surface area (Å²) in [6.07, 6.45) is 8.64. The summed E-state index contributed by atoms with van der Waals surface area (Å²) in [5.74, 6) is -3.80. The number of aliphatic carboxylic acids is 6. The van der Waals surface area contributed by atoms with E-state index in [0.717, 1.165) is 28.0 Å². The van der Waals surface area contributed by atoms with Crippen LogP contribution in [0.4, 0.5) is 0 Å². The van der Waals surface area contributed by atoms with Gasteiger partial charge in [0, 0.05) is 30.1 Å². The van der Waals surface area contributed by atoms with Crippen molar-refractivity contribution in [1.82, 2.24) is 10.3 Å². The number of H-pyrrole nitrogens is 1. The third-order valence-corrected chi connectivity index (χ3v) is 8.38. The highest BCUT2D eigenvalue weighted by Gasteiger charge is 2.15. The molecule has 0 unspecified atom stereocenters. The van der Waals surface area contributed by atoms with Crippen molar-refractivity contribution >= 4 is 76.2 Å². The van der Waals surface area contributed by atoms with Crippen molar-refractivity contribution in [3.63, 3.8) is 0 Å². The molecule has 0 spiro atoms. The fourth-order valence-corrected chi connectivity index (χ4v) is 4.62. The van der Waals surface area contributed by atoms with Crippen LogP contribution in [0.3, 0.4) is 0 Å². The Morgan fingerprint density at radius 2 is 1.07 bits per heavy atom. The van der Waals surface area contributed by atoms with Gasteiger partial charge in [0.1, 0.15) is 36.3 Å². The first-order valence-electron chi connectivity index (χ1n) is 18.3. The number of carboxylic acid groups (broad SMARTS) is 6. The zero-order valence-electron chi connectivity index (χ0n) is 34.8. The molecule has 0 saturated carbocycles. The van der Waals surface area contributed by atoms with Crippen molar-refractivity contribution in [2.45, 2.75) is 95.5 Å². The molecule has 60 heavy (non-hydrogen) atoms. The van der Waals surface area contributed by atoms with Crippen LogP contribution in [0.2, 0.25) is 0 Å². The van der Waals surface area contributed by atoms with E-state index in [0.29, 0.717) is 51.0 Å². The Morgan fingerprint density at radius 3 is 1.40 bits per heavy atom. The number of guanidine groups is 1. The second-order valence-electron chi connectivity index (χ2n) is 13.1. The highest BCUT2D eigenvalue weighted by Crippen LogP contribution is 2.18. The molecule has 2 rings (SSSR count). The first-order chi connectivity index (χ1) is 27.8. The number of nitrogens with one attached hydrogen (secondary N) is 3. The second kappa shape index (κ2) is 37.3. The molecule has 0 aliphatic carbocycles. The van der Waals surface area contributed by atoms with Crippen LogP contribution in [0.5, 0.6) is 0 Å². The smallest absolute Gasteiger partial charge is 0.320 e. The van der Waals surface area contributed by atoms with Crippen LogP contribution in [0.15, 0.2) is 30.5 Å². The number of hydrogen-bond acceptors (Lipinski definition) is 15. The van der Waals surface area contributed by atoms with E-state index in [-0.39, 0.29) is 5.96 Å². The van der Waals surface area contributed by atoms with Crippen LogP contribution in [-0.4, -0.2) is 144 Å². The lowest BCUT2D eigenvalue weighted by Gasteiger charge is -2.07. The van der Waals surface area contributed by atoms with Crippen molar-refractivity contribution in [2.24, 2.45) is 46.1 Å². The molecule has 24 heteroatoms. The Balaban J connectivity index is -0.000000321. The molecule has 0 amide bonds. The summed E-state index contributed by atoms with van der Waals surface area (Å²) < 4.78 is 0. The van der Waals surface area contributed by atoms with Crippen LogP contribution in [0.25, 0.3) is 10.9 Å². The van der Waals surface area contributed by atoms with Gasteiger partial charge < -0.3 is 81.1 Å². The Bertz CT molecular complexity index is 1510. The predicted octanol–water partition coefficient (Wildman–Crippen LogP) is -0.0507. The molecule has 23 N–H and O–H groups in total. The minimum absolute atomic E-state index is 0.112. The number of hydrogen-bond donors (Lipinski definition) is 16. The van der Waals surface area contributed by atoms with Crippen molar-refractivity contribution in [3.8, 4) is 0 Å². The number of para-hydroxylation sites is 1. The average Bonchev–Trinajstić information content (AvgIpc) is 3.57. The van der Waals surface area contributed by atoms with E-state index in [1.807, 2.05) is 56.8 Å². The highest BCUT2D eigenvalue weighted by atomic mass is 32.2. The minimum Gasteiger partial charge on any atom is -0.480 e. The van der Waals surface area contributed by atoms with Gasteiger partial charge in [-0.15, -0.1) is 0 Å². The number of benzene rings is 1. The zero-order chi connectivity index (χ0) is 47.5. The largest absolute Gasteiger partial charge is 0.480 e. The van der Waals surface area contributed by atoms with Gasteiger partial charge in [0.15, 0.2) is 5.96 Å². The quantitative estimate of drug-likeness (QED) is 0.0470. The maximum Gasteiger partial charge on any atom is 0.320 e. The van der Waals surface area contributed by atoms with Gasteiger partial charge in [-0.1, -0.05) is 32.0 Å². The van der Waals surface area contributed by atoms with Gasteiger partial charge in [-0.25, -0.2) is 0 Å². The first-order valence-corrected chi connectivity index (χ1v) is 21.1. The third kappa shape index (κ3) is 37.6. The van der Waals surface area contributed by atoms with Crippen molar-refractivity contribution in [1.29, 1.82) is 5.41 Å². The van der Waals surface area contributed by atoms with Crippen LogP contribution in [-0.2, 0) is 35.2 Å². The van der Waals surface area contributed by atoms with Gasteiger partial charge in [-0.05, 0) is 80.6 Å². The average molecular weight is 897 g/mol. The van der Waals surface area contributed by atoms with E-state index in [4.69, 9.17) is 76.2 Å². The standard InChI is InChI=1S/C11H12N2O2.C6H14N4O2.C6H13NO2.2C5H11NO2S.C3H7NO2/c12-9(11(14)15)5-7-6-13-10-4-2-1-3-8(7)10;7-4(5(11)12)2-1-3-10-6(8)9;1-4(2)3-5(7)6(8)9;2*1-9-3-2-4(6)5(7)8;1-2(4)3(5)6/h1-4,6,9,13H,5,12H2,(H,14,15);4H,1-3,7H2,(H,11,12)(H4,8,9,10);4-5H,3,7H2,1-2H3,(H,8,9);2*4H,2-3,6H2,1H3,(H,7,8);2H,4H2,1H3,(H,5,6)/t9-;4-;5-;2*4-;2-/m000000/s1. The number of carbonyl (C=O) groups is 6. The lowest BCUT2D eigenvalue weighted by molar-refractivity contribution is -0.139. The summed E-state index contributed by atoms with van der Waals surface area (Å²) >= 11 is 3.21. The van der Waals surface area contributed by atoms with Crippen LogP contribution < -0.4 is 45.5 Å². The Morgan fingerprint density at radius 1 is 0.667 bits per heavy atom. The zero-order valence-corrected chi connectivity index (χ0v) is 36.4. The number of rotatable bonds is 20. The predicted molar refractivity (Wildman–Crippen MR) is 236 cm³/mol. The molecule has 6 atom stereocenters. The van der Waals surface area contributed by atoms with Crippen molar-refractivity contribution in [3.05, 3.63) is 36.0 Å². The first kappa shape index (κ1) is 62.0. The number of thioether (sulfide) groups is 2. The van der Waals surface area contributed by atoms with Gasteiger partial charge in [-0.2, -0.15) is 23.5 Å². The van der Waals surface area contributed by atoms with E-state index < -0.39 is 72.1 Å². The molecule has 0 bridgehead atoms. The van der Waals surface area contributed by atoms with Gasteiger partial charge in [0.25, 0.3) is 0 Å². The summed E-state index contributed by atoms with van der Waals surface area (Å²) in [5.41, 5.74) is 38.1. The number of aromatic amines is 1. The number of carboxylic acids is 6. The number of nitrogens with two attached hydrogens (primary N) is 7. The van der Waals surface area contributed by atoms with E-state index >= 15 is 0 Å². The van der Waals surface area contributed by atoms with Gasteiger partial charge in [0.2, 0.25) is 0 Å². The molecule has 0 saturated heterocycles. The van der Waals surface area contributed by atoms with Crippen LogP contribution in [0, 0.1) is 11.3 Å². The fourth-order valence-electron chi connectivity index (χ4n) is 3.64. The Hall–Kier alpha value is -4.69. The van der Waals surface area contributed by atoms with Gasteiger partial charge in [0.05, 0.1) is 0 Å². The monoisotopic (exact) mass is 896 g/mol. The highest BCUT2D eigenvalue weighted by molar-refractivity contribution is 7.98. The molecule has 346 valence electrons. The molecule has 0 fully saturated rings. The second-order valence-corrected chi connectivity index (χ2v) is 15.1. The molecule has 1 aromatic carbocycles. The minimum atomic E-state index is -1.00. The van der Waals surface area contributed by atoms with Crippen LogP contribution in [0.1, 0.15) is 58.4 Å². The van der Waals surface area contributed by atoms with Crippen molar-refractivity contribution < 1.29 is 59.4 Å². The number of aromatic nitrogens is 1.